The van der Waals surface area contributed by atoms with E-state index in [4.69, 9.17) is 9.90 Å². The quantitative estimate of drug-likeness (QED) is 0.737. The van der Waals surface area contributed by atoms with Gasteiger partial charge in [-0.15, -0.1) is 11.3 Å². The number of piperidine rings is 1. The van der Waals surface area contributed by atoms with Gasteiger partial charge in [-0.2, -0.15) is 13.2 Å². The molecule has 4 rings (SSSR count). The number of hydrogen-bond donors (Lipinski definition) is 2. The SMILES string of the molecule is Cc1nc(CN2CCC3(CC2)NC(=O)CC3c2ccccc2)cs1.O=C(O)C(F)(F)F. The van der Waals surface area contributed by atoms with Crippen LogP contribution in [0.3, 0.4) is 0 Å². The molecule has 1 amide bonds. The number of rotatable bonds is 3. The van der Waals surface area contributed by atoms with Gasteiger partial charge in [-0.1, -0.05) is 30.3 Å². The molecule has 31 heavy (non-hydrogen) atoms. The highest BCUT2D eigenvalue weighted by atomic mass is 32.1. The molecule has 1 unspecified atom stereocenters. The van der Waals surface area contributed by atoms with Crippen LogP contribution in [0.25, 0.3) is 0 Å². The average Bonchev–Trinajstić information content (AvgIpc) is 3.27. The van der Waals surface area contributed by atoms with E-state index in [1.165, 1.54) is 11.3 Å². The lowest BCUT2D eigenvalue weighted by atomic mass is 9.74. The number of carbonyl (C=O) groups is 2. The Kier molecular flexibility index (Phi) is 7.00. The second-order valence-corrected chi connectivity index (χ2v) is 8.87. The van der Waals surface area contributed by atoms with Crippen LogP contribution in [0.2, 0.25) is 0 Å². The van der Waals surface area contributed by atoms with Crippen LogP contribution in [0, 0.1) is 6.92 Å². The lowest BCUT2D eigenvalue weighted by Gasteiger charge is -2.42. The molecule has 168 valence electrons. The van der Waals surface area contributed by atoms with Crippen molar-refractivity contribution >= 4 is 23.2 Å². The Morgan fingerprint density at radius 3 is 2.42 bits per heavy atom. The van der Waals surface area contributed by atoms with Crippen LogP contribution in [0.4, 0.5) is 13.2 Å². The first-order chi connectivity index (χ1) is 14.6. The number of aryl methyl sites for hydroxylation is 1. The molecule has 0 radical (unpaired) electrons. The first-order valence-corrected chi connectivity index (χ1v) is 10.8. The summed E-state index contributed by atoms with van der Waals surface area (Å²) in [6.07, 6.45) is -2.43. The minimum atomic E-state index is -5.08. The fourth-order valence-corrected chi connectivity index (χ4v) is 4.82. The van der Waals surface area contributed by atoms with Crippen molar-refractivity contribution in [1.82, 2.24) is 15.2 Å². The summed E-state index contributed by atoms with van der Waals surface area (Å²) < 4.78 is 31.7. The predicted molar refractivity (Wildman–Crippen MR) is 110 cm³/mol. The van der Waals surface area contributed by atoms with Crippen molar-refractivity contribution in [3.8, 4) is 0 Å². The van der Waals surface area contributed by atoms with Crippen molar-refractivity contribution in [2.45, 2.75) is 50.4 Å². The van der Waals surface area contributed by atoms with Gasteiger partial charge in [-0.25, -0.2) is 9.78 Å². The third-order valence-electron chi connectivity index (χ3n) is 5.69. The summed E-state index contributed by atoms with van der Waals surface area (Å²) in [5, 5.41) is 13.7. The zero-order chi connectivity index (χ0) is 22.6. The molecular formula is C21H24F3N3O3S. The fraction of sp³-hybridized carbons (Fsp3) is 0.476. The van der Waals surface area contributed by atoms with Crippen molar-refractivity contribution in [3.05, 3.63) is 52.0 Å². The van der Waals surface area contributed by atoms with Crippen LogP contribution in [0.5, 0.6) is 0 Å². The predicted octanol–water partition coefficient (Wildman–Crippen LogP) is 3.72. The minimum absolute atomic E-state index is 0.0626. The van der Waals surface area contributed by atoms with Gasteiger partial charge in [-0.05, 0) is 25.3 Å². The molecule has 2 N–H and O–H groups in total. The molecule has 0 bridgehead atoms. The maximum atomic E-state index is 12.1. The van der Waals surface area contributed by atoms with Gasteiger partial charge >= 0.3 is 12.1 Å². The Hall–Kier alpha value is -2.46. The summed E-state index contributed by atoms with van der Waals surface area (Å²) >= 11 is 1.71. The maximum Gasteiger partial charge on any atom is 0.490 e. The molecule has 2 aliphatic heterocycles. The fourth-order valence-electron chi connectivity index (χ4n) is 4.21. The van der Waals surface area contributed by atoms with Crippen LogP contribution in [0.15, 0.2) is 35.7 Å². The molecule has 2 fully saturated rings. The number of nitrogens with zero attached hydrogens (tertiary/aromatic N) is 2. The van der Waals surface area contributed by atoms with Crippen molar-refractivity contribution in [2.24, 2.45) is 0 Å². The number of carboxylic acid groups (broad SMARTS) is 1. The van der Waals surface area contributed by atoms with E-state index in [1.54, 1.807) is 11.3 Å². The van der Waals surface area contributed by atoms with Crippen LogP contribution >= 0.6 is 11.3 Å². The normalized spacial score (nSPS) is 20.8. The number of likely N-dealkylation sites (tertiary alicyclic amines) is 1. The smallest absolute Gasteiger partial charge is 0.475 e. The summed E-state index contributed by atoms with van der Waals surface area (Å²) in [6, 6.07) is 10.5. The Morgan fingerprint density at radius 1 is 1.29 bits per heavy atom. The molecule has 1 atom stereocenters. The van der Waals surface area contributed by atoms with Gasteiger partial charge < -0.3 is 10.4 Å². The van der Waals surface area contributed by atoms with Gasteiger partial charge in [0.05, 0.1) is 10.7 Å². The van der Waals surface area contributed by atoms with E-state index >= 15 is 0 Å². The maximum absolute atomic E-state index is 12.1. The number of amides is 1. The number of carbonyl (C=O) groups excluding carboxylic acids is 1. The topological polar surface area (TPSA) is 82.5 Å². The zero-order valence-electron chi connectivity index (χ0n) is 17.0. The number of hydrogen-bond acceptors (Lipinski definition) is 5. The number of alkyl halides is 3. The van der Waals surface area contributed by atoms with Gasteiger partial charge in [0.2, 0.25) is 5.91 Å². The average molecular weight is 456 g/mol. The molecule has 3 heterocycles. The van der Waals surface area contributed by atoms with E-state index in [0.29, 0.717) is 12.3 Å². The summed E-state index contributed by atoms with van der Waals surface area (Å²) in [5.41, 5.74) is 2.40. The second kappa shape index (κ2) is 9.35. The lowest BCUT2D eigenvalue weighted by Crippen LogP contribution is -2.53. The Bertz CT molecular complexity index is 909. The Morgan fingerprint density at radius 2 is 1.90 bits per heavy atom. The van der Waals surface area contributed by atoms with E-state index < -0.39 is 12.1 Å². The lowest BCUT2D eigenvalue weighted by molar-refractivity contribution is -0.192. The molecule has 2 aromatic rings. The number of benzene rings is 1. The highest BCUT2D eigenvalue weighted by Gasteiger charge is 2.48. The van der Waals surface area contributed by atoms with Gasteiger partial charge in [0.15, 0.2) is 0 Å². The Balaban J connectivity index is 0.000000339. The highest BCUT2D eigenvalue weighted by Crippen LogP contribution is 2.43. The van der Waals surface area contributed by atoms with E-state index in [0.717, 1.165) is 37.5 Å². The van der Waals surface area contributed by atoms with Crippen molar-refractivity contribution in [3.63, 3.8) is 0 Å². The molecule has 0 saturated carbocycles. The molecule has 1 aromatic carbocycles. The van der Waals surface area contributed by atoms with Gasteiger partial charge in [0.1, 0.15) is 0 Å². The van der Waals surface area contributed by atoms with Gasteiger partial charge in [0, 0.05) is 42.9 Å². The van der Waals surface area contributed by atoms with E-state index in [2.05, 4.69) is 51.8 Å². The number of aromatic nitrogens is 1. The number of halogens is 3. The van der Waals surface area contributed by atoms with E-state index in [9.17, 15) is 18.0 Å². The van der Waals surface area contributed by atoms with Crippen molar-refractivity contribution in [2.75, 3.05) is 13.1 Å². The third kappa shape index (κ3) is 5.82. The van der Waals surface area contributed by atoms with Gasteiger partial charge in [0.25, 0.3) is 0 Å². The third-order valence-corrected chi connectivity index (χ3v) is 6.51. The number of carboxylic acids is 1. The Labute approximate surface area is 182 Å². The zero-order valence-corrected chi connectivity index (χ0v) is 17.8. The van der Waals surface area contributed by atoms with Crippen LogP contribution in [-0.4, -0.2) is 51.7 Å². The summed E-state index contributed by atoms with van der Waals surface area (Å²) in [6.45, 7) is 5.00. The van der Waals surface area contributed by atoms with Gasteiger partial charge in [-0.3, -0.25) is 9.69 Å². The van der Waals surface area contributed by atoms with E-state index in [1.807, 2.05) is 6.07 Å². The van der Waals surface area contributed by atoms with Crippen molar-refractivity contribution < 1.29 is 27.9 Å². The van der Waals surface area contributed by atoms with E-state index in [-0.39, 0.29) is 11.4 Å². The first kappa shape index (κ1) is 23.2. The number of aliphatic carboxylic acids is 1. The number of nitrogens with one attached hydrogen (secondary N) is 1. The number of thiazole rings is 1. The molecule has 1 aromatic heterocycles. The first-order valence-electron chi connectivity index (χ1n) is 9.88. The van der Waals surface area contributed by atoms with Crippen molar-refractivity contribution in [1.29, 1.82) is 0 Å². The summed E-state index contributed by atoms with van der Waals surface area (Å²) in [7, 11) is 0. The largest absolute Gasteiger partial charge is 0.490 e. The molecule has 2 aliphatic rings. The van der Waals surface area contributed by atoms with Crippen LogP contribution in [-0.2, 0) is 16.1 Å². The standard InChI is InChI=1S/C19H23N3OS.C2HF3O2/c1-14-20-16(13-24-14)12-22-9-7-19(8-10-22)17(11-18(23)21-19)15-5-3-2-4-6-15;3-2(4,5)1(6)7/h2-6,13,17H,7-12H2,1H3,(H,21,23);(H,6,7). The molecule has 6 nitrogen and oxygen atoms in total. The second-order valence-electron chi connectivity index (χ2n) is 7.81. The highest BCUT2D eigenvalue weighted by molar-refractivity contribution is 7.09. The molecule has 2 saturated heterocycles. The van der Waals surface area contributed by atoms with Crippen LogP contribution in [0.1, 0.15) is 41.4 Å². The summed E-state index contributed by atoms with van der Waals surface area (Å²) in [4.78, 5) is 28.1. The molecule has 1 spiro atoms. The minimum Gasteiger partial charge on any atom is -0.475 e. The molecule has 0 aliphatic carbocycles. The molecule has 10 heteroatoms. The van der Waals surface area contributed by atoms with Crippen LogP contribution < -0.4 is 5.32 Å². The summed E-state index contributed by atoms with van der Waals surface area (Å²) in [5.74, 6) is -2.25. The monoisotopic (exact) mass is 455 g/mol. The molecular weight excluding hydrogens is 431 g/mol.